The van der Waals surface area contributed by atoms with Gasteiger partial charge in [0.2, 0.25) is 0 Å². The first-order valence-corrected chi connectivity index (χ1v) is 16.2. The molecule has 0 aliphatic heterocycles. The zero-order chi connectivity index (χ0) is 30.1. The van der Waals surface area contributed by atoms with Crippen LogP contribution in [0.15, 0.2) is 133 Å². The third-order valence-corrected chi connectivity index (χ3v) is 11.1. The number of thiophene rings is 2. The second kappa shape index (κ2) is 9.91. The largest absolute Gasteiger partial charge is 0.309 e. The summed E-state index contributed by atoms with van der Waals surface area (Å²) >= 11 is 3.61. The molecule has 8 aromatic rings. The Morgan fingerprint density at radius 3 is 1.98 bits per heavy atom. The molecular formula is C40H21N3S2. The molecule has 0 spiro atoms. The molecule has 0 atom stereocenters. The van der Waals surface area contributed by atoms with Crippen molar-refractivity contribution < 1.29 is 0 Å². The van der Waals surface area contributed by atoms with Gasteiger partial charge in [-0.25, -0.2) is 10.1 Å². The summed E-state index contributed by atoms with van der Waals surface area (Å²) in [5.74, 6) is 0. The molecule has 45 heavy (non-hydrogen) atoms. The Hall–Kier alpha value is -5.72. The minimum atomic E-state index is 0.138. The molecule has 0 N–H and O–H groups in total. The fourth-order valence-corrected chi connectivity index (χ4v) is 9.10. The highest BCUT2D eigenvalue weighted by Gasteiger charge is 2.27. The van der Waals surface area contributed by atoms with Gasteiger partial charge in [0.1, 0.15) is 0 Å². The van der Waals surface area contributed by atoms with E-state index in [0.717, 1.165) is 39.1 Å². The zero-order valence-corrected chi connectivity index (χ0v) is 25.4. The summed E-state index contributed by atoms with van der Waals surface area (Å²) < 4.78 is 4.87. The Morgan fingerprint density at radius 1 is 0.600 bits per heavy atom. The van der Waals surface area contributed by atoms with E-state index in [2.05, 4.69) is 125 Å². The van der Waals surface area contributed by atoms with E-state index in [4.69, 9.17) is 6.57 Å². The number of rotatable bonds is 3. The Bertz CT molecular complexity index is 2570. The molecule has 0 saturated carbocycles. The van der Waals surface area contributed by atoms with E-state index in [1.165, 1.54) is 46.5 Å². The molecule has 0 bridgehead atoms. The first-order chi connectivity index (χ1) is 22.2. The van der Waals surface area contributed by atoms with Gasteiger partial charge >= 0.3 is 0 Å². The maximum absolute atomic E-state index is 9.76. The van der Waals surface area contributed by atoms with E-state index in [1.807, 2.05) is 29.5 Å². The van der Waals surface area contributed by atoms with E-state index < -0.39 is 0 Å². The molecule has 3 nitrogen and oxygen atoms in total. The molecule has 0 amide bonds. The second-order valence-corrected chi connectivity index (χ2v) is 13.3. The van der Waals surface area contributed by atoms with Crippen molar-refractivity contribution in [2.24, 2.45) is 0 Å². The van der Waals surface area contributed by atoms with E-state index in [9.17, 15) is 5.26 Å². The van der Waals surface area contributed by atoms with Crippen LogP contribution in [0.1, 0.15) is 11.1 Å². The predicted octanol–water partition coefficient (Wildman–Crippen LogP) is 11.6. The average Bonchev–Trinajstić information content (AvgIpc) is 3.84. The lowest BCUT2D eigenvalue weighted by atomic mass is 9.99. The topological polar surface area (TPSA) is 33.1 Å². The highest BCUT2D eigenvalue weighted by atomic mass is 32.1. The Morgan fingerprint density at radius 2 is 1.22 bits per heavy atom. The predicted molar refractivity (Wildman–Crippen MR) is 189 cm³/mol. The molecule has 0 radical (unpaired) electrons. The van der Waals surface area contributed by atoms with Crippen molar-refractivity contribution in [3.63, 3.8) is 0 Å². The van der Waals surface area contributed by atoms with Crippen LogP contribution in [-0.4, -0.2) is 4.57 Å². The normalized spacial score (nSPS) is 13.1. The SMILES string of the molecule is [C-]#[N+]/C(C#N)=C1/c2ccccc2-c2ccc(-c3cc4sc(-c5ccc6c(c5)c5ccccc5n6-c5ccccc5)cc4s3)cc21. The maximum atomic E-state index is 9.76. The summed E-state index contributed by atoms with van der Waals surface area (Å²) in [6.07, 6.45) is 0. The summed E-state index contributed by atoms with van der Waals surface area (Å²) in [5, 5.41) is 12.3. The lowest BCUT2D eigenvalue weighted by Crippen LogP contribution is -1.92. The first kappa shape index (κ1) is 25.7. The molecule has 5 aromatic carbocycles. The molecule has 3 heterocycles. The maximum Gasteiger partial charge on any atom is 0.270 e. The van der Waals surface area contributed by atoms with Gasteiger partial charge in [0, 0.05) is 41.2 Å². The fraction of sp³-hybridized carbons (Fsp3) is 0. The zero-order valence-electron chi connectivity index (χ0n) is 23.8. The molecule has 5 heteroatoms. The van der Waals surface area contributed by atoms with Crippen molar-refractivity contribution in [2.45, 2.75) is 0 Å². The van der Waals surface area contributed by atoms with Crippen molar-refractivity contribution in [3.05, 3.63) is 156 Å². The number of hydrogen-bond donors (Lipinski definition) is 0. The molecule has 1 aliphatic carbocycles. The van der Waals surface area contributed by atoms with Gasteiger partial charge in [-0.3, -0.25) is 0 Å². The number of para-hydroxylation sites is 2. The van der Waals surface area contributed by atoms with Crippen LogP contribution in [0.25, 0.3) is 79.3 Å². The van der Waals surface area contributed by atoms with Crippen molar-refractivity contribution in [1.82, 2.24) is 4.57 Å². The number of benzene rings is 5. The lowest BCUT2D eigenvalue weighted by Gasteiger charge is -2.07. The number of hydrogen-bond acceptors (Lipinski definition) is 3. The van der Waals surface area contributed by atoms with Gasteiger partial charge in [0.15, 0.2) is 0 Å². The highest BCUT2D eigenvalue weighted by molar-refractivity contribution is 7.31. The van der Waals surface area contributed by atoms with Crippen molar-refractivity contribution in [3.8, 4) is 43.8 Å². The van der Waals surface area contributed by atoms with Crippen molar-refractivity contribution in [1.29, 1.82) is 5.26 Å². The van der Waals surface area contributed by atoms with Gasteiger partial charge in [-0.15, -0.1) is 22.7 Å². The van der Waals surface area contributed by atoms with Crippen LogP contribution in [0, 0.1) is 17.9 Å². The number of nitriles is 1. The Balaban J connectivity index is 1.12. The second-order valence-electron chi connectivity index (χ2n) is 11.1. The lowest BCUT2D eigenvalue weighted by molar-refractivity contribution is 1.18. The van der Waals surface area contributed by atoms with E-state index in [0.29, 0.717) is 0 Å². The average molecular weight is 608 g/mol. The number of fused-ring (bicyclic) bond motifs is 7. The van der Waals surface area contributed by atoms with Crippen LogP contribution >= 0.6 is 22.7 Å². The van der Waals surface area contributed by atoms with Gasteiger partial charge in [0.05, 0.1) is 23.7 Å². The summed E-state index contributed by atoms with van der Waals surface area (Å²) in [7, 11) is 0. The van der Waals surface area contributed by atoms with Crippen LogP contribution in [-0.2, 0) is 0 Å². The summed E-state index contributed by atoms with van der Waals surface area (Å²) in [6.45, 7) is 7.64. The molecule has 0 fully saturated rings. The van der Waals surface area contributed by atoms with Crippen LogP contribution in [0.2, 0.25) is 0 Å². The number of allylic oxidation sites excluding steroid dienone is 1. The summed E-state index contributed by atoms with van der Waals surface area (Å²) in [5.41, 5.74) is 10.8. The summed E-state index contributed by atoms with van der Waals surface area (Å²) in [6, 6.07) is 47.3. The third kappa shape index (κ3) is 3.86. The summed E-state index contributed by atoms with van der Waals surface area (Å²) in [4.78, 5) is 6.02. The third-order valence-electron chi connectivity index (χ3n) is 8.69. The molecule has 9 rings (SSSR count). The van der Waals surface area contributed by atoms with Gasteiger partial charge in [-0.2, -0.15) is 0 Å². The minimum absolute atomic E-state index is 0.138. The van der Waals surface area contributed by atoms with Gasteiger partial charge in [-0.05, 0) is 81.9 Å². The molecule has 1 aliphatic rings. The molecule has 208 valence electrons. The van der Waals surface area contributed by atoms with E-state index in [-0.39, 0.29) is 5.70 Å². The standard InChI is InChI=1S/C40H21N3S2/c1-42-33(23-41)40-30-13-6-5-11-27(30)28-17-15-24(20-32(28)40)36-21-38-39(44-36)22-37(45-38)25-16-18-35-31(19-25)29-12-7-8-14-34(29)43(35)26-9-3-2-4-10-26/h2-22H/b40-33-. The van der Waals surface area contributed by atoms with E-state index in [1.54, 1.807) is 11.3 Å². The smallest absolute Gasteiger partial charge is 0.270 e. The molecule has 0 unspecified atom stereocenters. The highest BCUT2D eigenvalue weighted by Crippen LogP contribution is 2.49. The van der Waals surface area contributed by atoms with Crippen LogP contribution in [0.4, 0.5) is 0 Å². The number of aromatic nitrogens is 1. The van der Waals surface area contributed by atoms with Crippen molar-refractivity contribution in [2.75, 3.05) is 0 Å². The van der Waals surface area contributed by atoms with Gasteiger partial charge < -0.3 is 4.57 Å². The van der Waals surface area contributed by atoms with Gasteiger partial charge in [-0.1, -0.05) is 78.9 Å². The quantitative estimate of drug-likeness (QED) is 0.145. The molecular weight excluding hydrogens is 587 g/mol. The minimum Gasteiger partial charge on any atom is -0.309 e. The van der Waals surface area contributed by atoms with Crippen LogP contribution < -0.4 is 0 Å². The number of nitrogens with zero attached hydrogens (tertiary/aromatic N) is 3. The van der Waals surface area contributed by atoms with Crippen molar-refractivity contribution >= 4 is 59.5 Å². The van der Waals surface area contributed by atoms with Crippen LogP contribution in [0.3, 0.4) is 0 Å². The fourth-order valence-electron chi connectivity index (χ4n) is 6.71. The first-order valence-electron chi connectivity index (χ1n) is 14.6. The molecule has 3 aromatic heterocycles. The monoisotopic (exact) mass is 607 g/mol. The van der Waals surface area contributed by atoms with Crippen LogP contribution in [0.5, 0.6) is 0 Å². The van der Waals surface area contributed by atoms with Gasteiger partial charge in [0.25, 0.3) is 5.70 Å². The Kier molecular flexibility index (Phi) is 5.67. The Labute approximate surface area is 267 Å². The van der Waals surface area contributed by atoms with E-state index >= 15 is 0 Å². The molecule has 0 saturated heterocycles.